The summed E-state index contributed by atoms with van der Waals surface area (Å²) in [5.41, 5.74) is -0.0679. The van der Waals surface area contributed by atoms with E-state index in [1.165, 1.54) is 18.2 Å². The number of nitro groups is 1. The number of carboxylic acids is 1. The number of nitro benzene ring substituents is 1. The molecule has 2 N–H and O–H groups in total. The maximum absolute atomic E-state index is 11.2. The minimum Gasteiger partial charge on any atom is -0.493 e. The standard InChI is InChI=1S/C12H14N2O6/c15-11(13-8-12(16)17)5-2-6-20-10-4-1-3-9(7-10)14(18)19/h1,3-4,7H,2,5-6,8H2,(H,13,15)(H,16,17). The van der Waals surface area contributed by atoms with Crippen molar-refractivity contribution < 1.29 is 24.4 Å². The molecule has 0 unspecified atom stereocenters. The Balaban J connectivity index is 2.27. The predicted octanol–water partition coefficient (Wildman–Crippen LogP) is 0.955. The lowest BCUT2D eigenvalue weighted by atomic mass is 10.3. The van der Waals surface area contributed by atoms with Crippen molar-refractivity contribution in [3.05, 3.63) is 34.4 Å². The first-order chi connectivity index (χ1) is 9.49. The number of nitrogens with zero attached hydrogens (tertiary/aromatic N) is 1. The molecule has 8 heteroatoms. The summed E-state index contributed by atoms with van der Waals surface area (Å²) in [5.74, 6) is -1.13. The second-order valence-corrected chi connectivity index (χ2v) is 3.88. The Hall–Kier alpha value is -2.64. The first kappa shape index (κ1) is 15.4. The van der Waals surface area contributed by atoms with Gasteiger partial charge in [0.2, 0.25) is 5.91 Å². The van der Waals surface area contributed by atoms with Crippen molar-refractivity contribution in [2.24, 2.45) is 0 Å². The van der Waals surface area contributed by atoms with Crippen LogP contribution in [-0.2, 0) is 9.59 Å². The Morgan fingerprint density at radius 1 is 1.40 bits per heavy atom. The van der Waals surface area contributed by atoms with E-state index >= 15 is 0 Å². The first-order valence-corrected chi connectivity index (χ1v) is 5.85. The van der Waals surface area contributed by atoms with Crippen molar-refractivity contribution in [3.63, 3.8) is 0 Å². The molecule has 0 atom stereocenters. The Morgan fingerprint density at radius 3 is 2.80 bits per heavy atom. The van der Waals surface area contributed by atoms with E-state index in [0.717, 1.165) is 0 Å². The molecule has 0 aromatic heterocycles. The zero-order chi connectivity index (χ0) is 15.0. The van der Waals surface area contributed by atoms with E-state index in [1.807, 2.05) is 0 Å². The lowest BCUT2D eigenvalue weighted by molar-refractivity contribution is -0.384. The number of aliphatic carboxylic acids is 1. The monoisotopic (exact) mass is 282 g/mol. The Morgan fingerprint density at radius 2 is 2.15 bits per heavy atom. The van der Waals surface area contributed by atoms with Crippen molar-refractivity contribution in [1.29, 1.82) is 0 Å². The molecule has 0 aliphatic heterocycles. The summed E-state index contributed by atoms with van der Waals surface area (Å²) in [5, 5.41) is 21.1. The fourth-order valence-corrected chi connectivity index (χ4v) is 1.37. The number of hydrogen-bond acceptors (Lipinski definition) is 5. The summed E-state index contributed by atoms with van der Waals surface area (Å²) in [7, 11) is 0. The number of carbonyl (C=O) groups is 2. The number of ether oxygens (including phenoxy) is 1. The summed E-state index contributed by atoms with van der Waals surface area (Å²) < 4.78 is 5.27. The zero-order valence-electron chi connectivity index (χ0n) is 10.6. The number of rotatable bonds is 8. The Bertz CT molecular complexity index is 502. The van der Waals surface area contributed by atoms with Gasteiger partial charge in [-0.1, -0.05) is 6.07 Å². The lowest BCUT2D eigenvalue weighted by Crippen LogP contribution is -2.29. The molecule has 108 valence electrons. The normalized spacial score (nSPS) is 9.80. The van der Waals surface area contributed by atoms with Gasteiger partial charge >= 0.3 is 5.97 Å². The largest absolute Gasteiger partial charge is 0.493 e. The number of carbonyl (C=O) groups excluding carboxylic acids is 1. The minimum atomic E-state index is -1.11. The maximum atomic E-state index is 11.2. The Labute approximate surface area is 114 Å². The number of hydrogen-bond donors (Lipinski definition) is 2. The molecule has 0 aliphatic rings. The van der Waals surface area contributed by atoms with E-state index in [1.54, 1.807) is 6.07 Å². The topological polar surface area (TPSA) is 119 Å². The van der Waals surface area contributed by atoms with E-state index in [4.69, 9.17) is 9.84 Å². The number of amides is 1. The first-order valence-electron chi connectivity index (χ1n) is 5.85. The van der Waals surface area contributed by atoms with Crippen LogP contribution in [0.5, 0.6) is 5.75 Å². The van der Waals surface area contributed by atoms with E-state index in [-0.39, 0.29) is 24.6 Å². The number of nitrogens with one attached hydrogen (secondary N) is 1. The van der Waals surface area contributed by atoms with Gasteiger partial charge in [0.25, 0.3) is 5.69 Å². The SMILES string of the molecule is O=C(O)CNC(=O)CCCOc1cccc([N+](=O)[O-])c1. The second-order valence-electron chi connectivity index (χ2n) is 3.88. The Kier molecular flexibility index (Phi) is 5.95. The molecule has 20 heavy (non-hydrogen) atoms. The molecule has 0 saturated carbocycles. The second kappa shape index (κ2) is 7.72. The van der Waals surface area contributed by atoms with Crippen molar-refractivity contribution in [1.82, 2.24) is 5.32 Å². The van der Waals surface area contributed by atoms with Gasteiger partial charge in [-0.05, 0) is 12.5 Å². The van der Waals surface area contributed by atoms with Crippen LogP contribution in [0.3, 0.4) is 0 Å². The summed E-state index contributed by atoms with van der Waals surface area (Å²) in [4.78, 5) is 31.4. The summed E-state index contributed by atoms with van der Waals surface area (Å²) in [6.45, 7) is -0.202. The zero-order valence-corrected chi connectivity index (χ0v) is 10.6. The third-order valence-electron chi connectivity index (χ3n) is 2.28. The van der Waals surface area contributed by atoms with Gasteiger partial charge in [-0.25, -0.2) is 0 Å². The fraction of sp³-hybridized carbons (Fsp3) is 0.333. The molecule has 0 radical (unpaired) electrons. The van der Waals surface area contributed by atoms with Gasteiger partial charge in [-0.2, -0.15) is 0 Å². The third-order valence-corrected chi connectivity index (χ3v) is 2.28. The highest BCUT2D eigenvalue weighted by Gasteiger charge is 2.07. The number of carboxylic acid groups (broad SMARTS) is 1. The van der Waals surface area contributed by atoms with Gasteiger partial charge in [0.05, 0.1) is 17.6 Å². The van der Waals surface area contributed by atoms with Crippen LogP contribution in [0, 0.1) is 10.1 Å². The van der Waals surface area contributed by atoms with E-state index in [0.29, 0.717) is 12.2 Å². The molecule has 1 rings (SSSR count). The maximum Gasteiger partial charge on any atom is 0.322 e. The molecule has 8 nitrogen and oxygen atoms in total. The molecular formula is C12H14N2O6. The molecule has 0 heterocycles. The van der Waals surface area contributed by atoms with Crippen molar-refractivity contribution in [3.8, 4) is 5.75 Å². The van der Waals surface area contributed by atoms with Crippen LogP contribution < -0.4 is 10.1 Å². The van der Waals surface area contributed by atoms with Crippen LogP contribution in [0.4, 0.5) is 5.69 Å². The van der Waals surface area contributed by atoms with Crippen molar-refractivity contribution in [2.75, 3.05) is 13.2 Å². The molecule has 1 aromatic carbocycles. The van der Waals surface area contributed by atoms with Gasteiger partial charge in [-0.15, -0.1) is 0 Å². The van der Waals surface area contributed by atoms with Gasteiger partial charge < -0.3 is 15.2 Å². The quantitative estimate of drug-likeness (QED) is 0.416. The highest BCUT2D eigenvalue weighted by Crippen LogP contribution is 2.19. The molecule has 1 aromatic rings. The molecule has 1 amide bonds. The molecular weight excluding hydrogens is 268 g/mol. The fourth-order valence-electron chi connectivity index (χ4n) is 1.37. The average molecular weight is 282 g/mol. The van der Waals surface area contributed by atoms with Crippen molar-refractivity contribution >= 4 is 17.6 Å². The average Bonchev–Trinajstić information content (AvgIpc) is 2.41. The highest BCUT2D eigenvalue weighted by molar-refractivity contribution is 5.80. The van der Waals surface area contributed by atoms with Crippen LogP contribution >= 0.6 is 0 Å². The molecule has 0 saturated heterocycles. The number of benzene rings is 1. The van der Waals surface area contributed by atoms with E-state index < -0.39 is 17.4 Å². The van der Waals surface area contributed by atoms with Gasteiger partial charge in [0.1, 0.15) is 12.3 Å². The minimum absolute atomic E-state index is 0.0679. The molecule has 0 spiro atoms. The van der Waals surface area contributed by atoms with Crippen molar-refractivity contribution in [2.45, 2.75) is 12.8 Å². The van der Waals surface area contributed by atoms with Crippen LogP contribution in [0.15, 0.2) is 24.3 Å². The molecule has 0 bridgehead atoms. The van der Waals surface area contributed by atoms with Gasteiger partial charge in [0, 0.05) is 12.5 Å². The molecule has 0 fully saturated rings. The van der Waals surface area contributed by atoms with Crippen LogP contribution in [-0.4, -0.2) is 35.1 Å². The van der Waals surface area contributed by atoms with Gasteiger partial charge in [0.15, 0.2) is 0 Å². The van der Waals surface area contributed by atoms with Crippen LogP contribution in [0.1, 0.15) is 12.8 Å². The van der Waals surface area contributed by atoms with Crippen LogP contribution in [0.25, 0.3) is 0 Å². The third kappa shape index (κ3) is 5.80. The predicted molar refractivity (Wildman–Crippen MR) is 68.5 cm³/mol. The van der Waals surface area contributed by atoms with E-state index in [9.17, 15) is 19.7 Å². The summed E-state index contributed by atoms with van der Waals surface area (Å²) in [6.07, 6.45) is 0.510. The van der Waals surface area contributed by atoms with Crippen LogP contribution in [0.2, 0.25) is 0 Å². The summed E-state index contributed by atoms with van der Waals surface area (Å²) >= 11 is 0. The smallest absolute Gasteiger partial charge is 0.322 e. The van der Waals surface area contributed by atoms with Gasteiger partial charge in [-0.3, -0.25) is 19.7 Å². The highest BCUT2D eigenvalue weighted by atomic mass is 16.6. The number of non-ortho nitro benzene ring substituents is 1. The lowest BCUT2D eigenvalue weighted by Gasteiger charge is -2.06. The van der Waals surface area contributed by atoms with E-state index in [2.05, 4.69) is 5.32 Å². The summed E-state index contributed by atoms with van der Waals surface area (Å²) in [6, 6.07) is 5.74. The molecule has 0 aliphatic carbocycles.